The Bertz CT molecular complexity index is 229. The van der Waals surface area contributed by atoms with E-state index in [9.17, 15) is 15.0 Å². The first-order chi connectivity index (χ1) is 7.49. The predicted molar refractivity (Wildman–Crippen MR) is 63.2 cm³/mol. The van der Waals surface area contributed by atoms with Crippen LogP contribution in [0.5, 0.6) is 0 Å². The second-order valence-corrected chi connectivity index (χ2v) is 5.32. The Morgan fingerprint density at radius 2 is 2.00 bits per heavy atom. The van der Waals surface area contributed by atoms with Crippen molar-refractivity contribution in [3.05, 3.63) is 0 Å². The minimum atomic E-state index is -0.951. The van der Waals surface area contributed by atoms with Crippen molar-refractivity contribution in [1.82, 2.24) is 0 Å². The van der Waals surface area contributed by atoms with Crippen molar-refractivity contribution in [3.8, 4) is 0 Å². The fourth-order valence-corrected chi connectivity index (χ4v) is 2.64. The molecule has 0 amide bonds. The molecule has 3 nitrogen and oxygen atoms in total. The molecule has 1 fully saturated rings. The van der Waals surface area contributed by atoms with Gasteiger partial charge in [-0.2, -0.15) is 0 Å². The van der Waals surface area contributed by atoms with Crippen molar-refractivity contribution in [2.75, 3.05) is 0 Å². The number of aliphatic hydroxyl groups is 1. The molecule has 0 aromatic heterocycles. The third-order valence-electron chi connectivity index (χ3n) is 3.93. The topological polar surface area (TPSA) is 57.5 Å². The summed E-state index contributed by atoms with van der Waals surface area (Å²) in [6, 6.07) is 0. The van der Waals surface area contributed by atoms with Crippen molar-refractivity contribution in [2.45, 2.75) is 64.4 Å². The van der Waals surface area contributed by atoms with E-state index in [4.69, 9.17) is 0 Å². The van der Waals surface area contributed by atoms with Gasteiger partial charge in [0.1, 0.15) is 0 Å². The van der Waals surface area contributed by atoms with Crippen molar-refractivity contribution in [2.24, 2.45) is 11.8 Å². The highest BCUT2D eigenvalue weighted by molar-refractivity contribution is 5.71. The van der Waals surface area contributed by atoms with Crippen molar-refractivity contribution >= 4 is 5.97 Å². The molecule has 94 valence electrons. The molecule has 1 unspecified atom stereocenters. The molecule has 0 radical (unpaired) electrons. The molecule has 1 rings (SSSR count). The predicted octanol–water partition coefficient (Wildman–Crippen LogP) is 2.82. The summed E-state index contributed by atoms with van der Waals surface area (Å²) in [5.41, 5.74) is -0.951. The first-order valence-corrected chi connectivity index (χ1v) is 6.44. The summed E-state index contributed by atoms with van der Waals surface area (Å²) < 4.78 is 0. The van der Waals surface area contributed by atoms with Gasteiger partial charge in [0, 0.05) is 0 Å². The molecule has 0 bridgehead atoms. The lowest BCUT2D eigenvalue weighted by Crippen LogP contribution is -2.45. The van der Waals surface area contributed by atoms with Crippen LogP contribution in [-0.4, -0.2) is 21.8 Å². The van der Waals surface area contributed by atoms with Crippen molar-refractivity contribution in [3.63, 3.8) is 0 Å². The molecule has 0 heterocycles. The maximum absolute atomic E-state index is 11.2. The summed E-state index contributed by atoms with van der Waals surface area (Å²) in [4.78, 5) is 11.2. The standard InChI is InChI=1S/C13H24O3/c1-3-4-5-11(12(14)15)13(16)8-6-10(2)7-9-13/h10-11,16H,3-9H2,1-2H3,(H,14,15). The second kappa shape index (κ2) is 5.67. The van der Waals surface area contributed by atoms with Gasteiger partial charge < -0.3 is 10.2 Å². The zero-order valence-corrected chi connectivity index (χ0v) is 10.4. The minimum Gasteiger partial charge on any atom is -0.481 e. The molecule has 1 aliphatic carbocycles. The lowest BCUT2D eigenvalue weighted by Gasteiger charge is -2.39. The highest BCUT2D eigenvalue weighted by Gasteiger charge is 2.42. The van der Waals surface area contributed by atoms with Crippen LogP contribution in [0.15, 0.2) is 0 Å². The Hall–Kier alpha value is -0.570. The van der Waals surface area contributed by atoms with Gasteiger partial charge in [0.25, 0.3) is 0 Å². The van der Waals surface area contributed by atoms with Gasteiger partial charge in [0.2, 0.25) is 0 Å². The molecular formula is C13H24O3. The molecule has 2 N–H and O–H groups in total. The van der Waals surface area contributed by atoms with E-state index in [0.717, 1.165) is 25.7 Å². The molecule has 0 spiro atoms. The Balaban J connectivity index is 2.65. The van der Waals surface area contributed by atoms with E-state index in [1.165, 1.54) is 0 Å². The van der Waals surface area contributed by atoms with Gasteiger partial charge in [-0.1, -0.05) is 26.7 Å². The normalized spacial score (nSPS) is 32.3. The molecule has 0 aromatic rings. The number of carboxylic acid groups (broad SMARTS) is 1. The summed E-state index contributed by atoms with van der Waals surface area (Å²) in [6.45, 7) is 4.22. The monoisotopic (exact) mass is 228 g/mol. The Morgan fingerprint density at radius 3 is 2.44 bits per heavy atom. The van der Waals surface area contributed by atoms with Gasteiger partial charge in [-0.15, -0.1) is 0 Å². The molecule has 1 saturated carbocycles. The smallest absolute Gasteiger partial charge is 0.309 e. The summed E-state index contributed by atoms with van der Waals surface area (Å²) in [7, 11) is 0. The number of carboxylic acids is 1. The van der Waals surface area contributed by atoms with Crippen molar-refractivity contribution < 1.29 is 15.0 Å². The number of rotatable bonds is 5. The Kier molecular flexibility index (Phi) is 4.78. The van der Waals surface area contributed by atoms with E-state index in [1.54, 1.807) is 0 Å². The fraction of sp³-hybridized carbons (Fsp3) is 0.923. The van der Waals surface area contributed by atoms with Gasteiger partial charge in [0.15, 0.2) is 0 Å². The maximum Gasteiger partial charge on any atom is 0.309 e. The average Bonchev–Trinajstić information content (AvgIpc) is 2.23. The number of unbranched alkanes of at least 4 members (excludes halogenated alkanes) is 1. The molecule has 0 aliphatic heterocycles. The van der Waals surface area contributed by atoms with Gasteiger partial charge in [-0.25, -0.2) is 0 Å². The lowest BCUT2D eigenvalue weighted by molar-refractivity contribution is -0.156. The van der Waals surface area contributed by atoms with E-state index >= 15 is 0 Å². The number of hydrogen-bond donors (Lipinski definition) is 2. The SMILES string of the molecule is CCCCC(C(=O)O)C1(O)CCC(C)CC1. The molecule has 0 saturated heterocycles. The van der Waals surface area contributed by atoms with E-state index in [0.29, 0.717) is 25.2 Å². The molecule has 3 heteroatoms. The zero-order chi connectivity index (χ0) is 12.2. The number of aliphatic carboxylic acids is 1. The molecule has 1 aliphatic rings. The summed E-state index contributed by atoms with van der Waals surface area (Å²) in [5, 5.41) is 19.7. The Morgan fingerprint density at radius 1 is 1.44 bits per heavy atom. The van der Waals surface area contributed by atoms with Crippen LogP contribution in [0.1, 0.15) is 58.8 Å². The zero-order valence-electron chi connectivity index (χ0n) is 10.4. The molecule has 16 heavy (non-hydrogen) atoms. The van der Waals surface area contributed by atoms with Gasteiger partial charge in [-0.05, 0) is 38.0 Å². The van der Waals surface area contributed by atoms with Gasteiger partial charge in [0.05, 0.1) is 11.5 Å². The third kappa shape index (κ3) is 3.21. The van der Waals surface area contributed by atoms with Crippen LogP contribution in [0, 0.1) is 11.8 Å². The van der Waals surface area contributed by atoms with E-state index in [-0.39, 0.29) is 0 Å². The minimum absolute atomic E-state index is 0.569. The summed E-state index contributed by atoms with van der Waals surface area (Å²) in [5.74, 6) is -0.772. The van der Waals surface area contributed by atoms with Crippen LogP contribution in [0.25, 0.3) is 0 Å². The van der Waals surface area contributed by atoms with Crippen LogP contribution in [0.2, 0.25) is 0 Å². The van der Waals surface area contributed by atoms with Crippen LogP contribution < -0.4 is 0 Å². The summed E-state index contributed by atoms with van der Waals surface area (Å²) >= 11 is 0. The van der Waals surface area contributed by atoms with E-state index in [1.807, 2.05) is 6.92 Å². The highest BCUT2D eigenvalue weighted by Crippen LogP contribution is 2.39. The second-order valence-electron chi connectivity index (χ2n) is 5.32. The lowest BCUT2D eigenvalue weighted by atomic mass is 9.71. The average molecular weight is 228 g/mol. The number of carbonyl (C=O) groups is 1. The quantitative estimate of drug-likeness (QED) is 0.760. The first-order valence-electron chi connectivity index (χ1n) is 6.44. The van der Waals surface area contributed by atoms with Crippen LogP contribution in [0.3, 0.4) is 0 Å². The molecule has 1 atom stereocenters. The van der Waals surface area contributed by atoms with Crippen LogP contribution in [-0.2, 0) is 4.79 Å². The fourth-order valence-electron chi connectivity index (χ4n) is 2.64. The van der Waals surface area contributed by atoms with E-state index < -0.39 is 17.5 Å². The Labute approximate surface area is 97.9 Å². The van der Waals surface area contributed by atoms with E-state index in [2.05, 4.69) is 6.92 Å². The van der Waals surface area contributed by atoms with Gasteiger partial charge >= 0.3 is 5.97 Å². The maximum atomic E-state index is 11.2. The van der Waals surface area contributed by atoms with Crippen LogP contribution >= 0.6 is 0 Å². The highest BCUT2D eigenvalue weighted by atomic mass is 16.4. The van der Waals surface area contributed by atoms with Gasteiger partial charge in [-0.3, -0.25) is 4.79 Å². The number of hydrogen-bond acceptors (Lipinski definition) is 2. The third-order valence-corrected chi connectivity index (χ3v) is 3.93. The largest absolute Gasteiger partial charge is 0.481 e. The van der Waals surface area contributed by atoms with Crippen LogP contribution in [0.4, 0.5) is 0 Å². The first kappa shape index (κ1) is 13.5. The van der Waals surface area contributed by atoms with Crippen molar-refractivity contribution in [1.29, 1.82) is 0 Å². The summed E-state index contributed by atoms with van der Waals surface area (Å²) in [6.07, 6.45) is 5.67. The molecule has 0 aromatic carbocycles. The molecular weight excluding hydrogens is 204 g/mol.